The summed E-state index contributed by atoms with van der Waals surface area (Å²) >= 11 is 0. The Morgan fingerprint density at radius 3 is 1.50 bits per heavy atom. The number of ether oxygens (including phenoxy) is 3. The molecule has 3 nitrogen and oxygen atoms in total. The molecule has 0 aromatic heterocycles. The highest BCUT2D eigenvalue weighted by atomic mass is 16.5. The summed E-state index contributed by atoms with van der Waals surface area (Å²) in [5, 5.41) is 0. The van der Waals surface area contributed by atoms with Crippen molar-refractivity contribution in [1.29, 1.82) is 0 Å². The summed E-state index contributed by atoms with van der Waals surface area (Å²) in [4.78, 5) is 0. The lowest BCUT2D eigenvalue weighted by atomic mass is 9.90. The van der Waals surface area contributed by atoms with Gasteiger partial charge in [-0.1, -0.05) is 20.8 Å². The molecule has 0 unspecified atom stereocenters. The van der Waals surface area contributed by atoms with Gasteiger partial charge in [0, 0.05) is 17.9 Å². The second kappa shape index (κ2) is 4.60. The molecule has 0 aliphatic carbocycles. The number of rotatable bonds is 2. The van der Waals surface area contributed by atoms with Gasteiger partial charge in [-0.25, -0.2) is 0 Å². The van der Waals surface area contributed by atoms with E-state index in [0.717, 1.165) is 33.0 Å². The maximum atomic E-state index is 5.01. The third-order valence-electron chi connectivity index (χ3n) is 2.38. The summed E-state index contributed by atoms with van der Waals surface area (Å²) in [6.07, 6.45) is 0. The molecular formula is C11H22O3. The number of hydrogen-bond acceptors (Lipinski definition) is 3. The van der Waals surface area contributed by atoms with Crippen LogP contribution in [0.15, 0.2) is 0 Å². The Morgan fingerprint density at radius 1 is 1.00 bits per heavy atom. The predicted molar refractivity (Wildman–Crippen MR) is 55.4 cm³/mol. The lowest BCUT2D eigenvalue weighted by Crippen LogP contribution is -2.43. The highest BCUT2D eigenvalue weighted by molar-refractivity contribution is 4.79. The lowest BCUT2D eigenvalue weighted by Gasteiger charge is -2.37. The standard InChI is InChI=1S/C6H12O2.C5H10O/c1-6(3-7-2)4-8-5-6;1-5(2)3-6-4-5/h3-5H2,1-2H3;3-4H2,1-2H3. The first-order chi connectivity index (χ1) is 6.47. The molecule has 0 aromatic carbocycles. The summed E-state index contributed by atoms with van der Waals surface area (Å²) < 4.78 is 14.9. The Balaban J connectivity index is 0.000000146. The molecular weight excluding hydrogens is 180 g/mol. The van der Waals surface area contributed by atoms with Gasteiger partial charge in [-0.15, -0.1) is 0 Å². The third-order valence-corrected chi connectivity index (χ3v) is 2.38. The molecule has 2 aliphatic heterocycles. The fourth-order valence-corrected chi connectivity index (χ4v) is 1.39. The van der Waals surface area contributed by atoms with Crippen LogP contribution in [-0.4, -0.2) is 40.1 Å². The minimum atomic E-state index is 0.328. The summed E-state index contributed by atoms with van der Waals surface area (Å²) in [7, 11) is 1.73. The average molecular weight is 202 g/mol. The van der Waals surface area contributed by atoms with Crippen molar-refractivity contribution in [2.75, 3.05) is 40.1 Å². The van der Waals surface area contributed by atoms with E-state index in [1.165, 1.54) is 0 Å². The van der Waals surface area contributed by atoms with E-state index in [4.69, 9.17) is 14.2 Å². The van der Waals surface area contributed by atoms with Gasteiger partial charge in [0.2, 0.25) is 0 Å². The van der Waals surface area contributed by atoms with Gasteiger partial charge in [0.25, 0.3) is 0 Å². The molecule has 84 valence electrons. The van der Waals surface area contributed by atoms with Crippen molar-refractivity contribution in [2.45, 2.75) is 20.8 Å². The van der Waals surface area contributed by atoms with Crippen LogP contribution in [0.2, 0.25) is 0 Å². The van der Waals surface area contributed by atoms with Crippen molar-refractivity contribution >= 4 is 0 Å². The maximum Gasteiger partial charge on any atom is 0.0564 e. The lowest BCUT2D eigenvalue weighted by molar-refractivity contribution is -0.131. The van der Waals surface area contributed by atoms with E-state index in [0.29, 0.717) is 10.8 Å². The Hall–Kier alpha value is -0.120. The first kappa shape index (κ1) is 12.0. The van der Waals surface area contributed by atoms with Crippen molar-refractivity contribution in [3.05, 3.63) is 0 Å². The molecule has 3 heteroatoms. The van der Waals surface area contributed by atoms with Crippen molar-refractivity contribution in [3.63, 3.8) is 0 Å². The molecule has 2 heterocycles. The normalized spacial score (nSPS) is 26.6. The first-order valence-corrected chi connectivity index (χ1v) is 5.12. The van der Waals surface area contributed by atoms with Crippen LogP contribution in [0.1, 0.15) is 20.8 Å². The average Bonchev–Trinajstić information content (AvgIpc) is 2.01. The predicted octanol–water partition coefficient (Wildman–Crippen LogP) is 1.71. The van der Waals surface area contributed by atoms with Crippen LogP contribution in [0.3, 0.4) is 0 Å². The van der Waals surface area contributed by atoms with Gasteiger partial charge in [-0.05, 0) is 0 Å². The summed E-state index contributed by atoms with van der Waals surface area (Å²) in [5.74, 6) is 0. The molecule has 0 amide bonds. The van der Waals surface area contributed by atoms with Gasteiger partial charge in [-0.3, -0.25) is 0 Å². The van der Waals surface area contributed by atoms with Gasteiger partial charge >= 0.3 is 0 Å². The topological polar surface area (TPSA) is 27.7 Å². The Bertz CT molecular complexity index is 167. The van der Waals surface area contributed by atoms with Crippen molar-refractivity contribution in [1.82, 2.24) is 0 Å². The third kappa shape index (κ3) is 3.56. The molecule has 2 rings (SSSR count). The van der Waals surface area contributed by atoms with E-state index in [1.807, 2.05) is 0 Å². The van der Waals surface area contributed by atoms with Crippen LogP contribution < -0.4 is 0 Å². The van der Waals surface area contributed by atoms with Crippen LogP contribution in [-0.2, 0) is 14.2 Å². The van der Waals surface area contributed by atoms with Crippen molar-refractivity contribution < 1.29 is 14.2 Å². The second-order valence-corrected chi connectivity index (χ2v) is 5.39. The Morgan fingerprint density at radius 2 is 1.43 bits per heavy atom. The minimum Gasteiger partial charge on any atom is -0.384 e. The fourth-order valence-electron chi connectivity index (χ4n) is 1.39. The van der Waals surface area contributed by atoms with E-state index in [1.54, 1.807) is 7.11 Å². The minimum absolute atomic E-state index is 0.328. The molecule has 0 N–H and O–H groups in total. The first-order valence-electron chi connectivity index (χ1n) is 5.12. The van der Waals surface area contributed by atoms with Crippen LogP contribution in [0.4, 0.5) is 0 Å². The molecule has 14 heavy (non-hydrogen) atoms. The largest absolute Gasteiger partial charge is 0.384 e. The molecule has 0 aromatic rings. The quantitative estimate of drug-likeness (QED) is 0.682. The molecule has 0 atom stereocenters. The zero-order chi connectivity index (χ0) is 10.7. The van der Waals surface area contributed by atoms with Crippen molar-refractivity contribution in [2.24, 2.45) is 10.8 Å². The van der Waals surface area contributed by atoms with Gasteiger partial charge in [-0.2, -0.15) is 0 Å². The van der Waals surface area contributed by atoms with Gasteiger partial charge in [0.1, 0.15) is 0 Å². The maximum absolute atomic E-state index is 5.01. The summed E-state index contributed by atoms with van der Waals surface area (Å²) in [5.41, 5.74) is 0.828. The highest BCUT2D eigenvalue weighted by Crippen LogP contribution is 2.26. The summed E-state index contributed by atoms with van der Waals surface area (Å²) in [6.45, 7) is 11.0. The highest BCUT2D eigenvalue weighted by Gasteiger charge is 2.32. The molecule has 0 spiro atoms. The van der Waals surface area contributed by atoms with Crippen LogP contribution in [0.25, 0.3) is 0 Å². The van der Waals surface area contributed by atoms with Gasteiger partial charge < -0.3 is 14.2 Å². The zero-order valence-corrected chi connectivity index (χ0v) is 9.76. The van der Waals surface area contributed by atoms with Gasteiger partial charge in [0.15, 0.2) is 0 Å². The molecule has 2 fully saturated rings. The number of hydrogen-bond donors (Lipinski definition) is 0. The monoisotopic (exact) mass is 202 g/mol. The zero-order valence-electron chi connectivity index (χ0n) is 9.76. The van der Waals surface area contributed by atoms with E-state index in [-0.39, 0.29) is 0 Å². The molecule has 2 saturated heterocycles. The fraction of sp³-hybridized carbons (Fsp3) is 1.00. The SMILES string of the molecule is CC1(C)COC1.COCC1(C)COC1. The Labute approximate surface area is 86.7 Å². The second-order valence-electron chi connectivity index (χ2n) is 5.39. The molecule has 2 aliphatic rings. The van der Waals surface area contributed by atoms with Crippen LogP contribution in [0.5, 0.6) is 0 Å². The van der Waals surface area contributed by atoms with Gasteiger partial charge in [0.05, 0.1) is 33.0 Å². The smallest absolute Gasteiger partial charge is 0.0564 e. The molecule has 0 bridgehead atoms. The van der Waals surface area contributed by atoms with E-state index in [2.05, 4.69) is 20.8 Å². The summed E-state index contributed by atoms with van der Waals surface area (Å²) in [6, 6.07) is 0. The van der Waals surface area contributed by atoms with E-state index < -0.39 is 0 Å². The Kier molecular flexibility index (Phi) is 3.93. The van der Waals surface area contributed by atoms with Crippen LogP contribution in [0, 0.1) is 10.8 Å². The van der Waals surface area contributed by atoms with E-state index in [9.17, 15) is 0 Å². The van der Waals surface area contributed by atoms with Crippen LogP contribution >= 0.6 is 0 Å². The van der Waals surface area contributed by atoms with Crippen molar-refractivity contribution in [3.8, 4) is 0 Å². The van der Waals surface area contributed by atoms with E-state index >= 15 is 0 Å². The molecule has 0 saturated carbocycles. The number of methoxy groups -OCH3 is 1. The molecule has 0 radical (unpaired) electrons.